The van der Waals surface area contributed by atoms with Crippen LogP contribution in [0.1, 0.15) is 64.2 Å². The quantitative estimate of drug-likeness (QED) is 0.462. The molecule has 0 aliphatic carbocycles. The number of carbonyl (C=O) groups excluding carboxylic acids is 3. The summed E-state index contributed by atoms with van der Waals surface area (Å²) in [4.78, 5) is 64.9. The van der Waals surface area contributed by atoms with E-state index in [9.17, 15) is 37.5 Å². The Balaban J connectivity index is 1.37. The van der Waals surface area contributed by atoms with Gasteiger partial charge >= 0.3 is 0 Å². The third-order valence-corrected chi connectivity index (χ3v) is 8.35. The van der Waals surface area contributed by atoms with E-state index in [1.54, 1.807) is 24.5 Å². The van der Waals surface area contributed by atoms with Gasteiger partial charge in [-0.25, -0.2) is 18.2 Å². The van der Waals surface area contributed by atoms with E-state index in [0.29, 0.717) is 25.0 Å². The molecule has 43 heavy (non-hydrogen) atoms. The van der Waals surface area contributed by atoms with Crippen molar-refractivity contribution in [3.8, 4) is 5.75 Å². The molecule has 0 radical (unpaired) electrons. The van der Waals surface area contributed by atoms with Gasteiger partial charge in [-0.1, -0.05) is 6.07 Å². The van der Waals surface area contributed by atoms with Crippen LogP contribution >= 0.6 is 0 Å². The van der Waals surface area contributed by atoms with Gasteiger partial charge in [0, 0.05) is 55.4 Å². The van der Waals surface area contributed by atoms with Gasteiger partial charge in [-0.15, -0.1) is 0 Å². The first-order valence-electron chi connectivity index (χ1n) is 13.6. The van der Waals surface area contributed by atoms with Crippen LogP contribution in [0.3, 0.4) is 0 Å². The predicted octanol–water partition coefficient (Wildman–Crippen LogP) is 2.58. The number of hydroxylamine groups is 2. The largest absolute Gasteiger partial charge is 0.503 e. The van der Waals surface area contributed by atoms with E-state index in [4.69, 9.17) is 4.84 Å². The molecule has 3 atom stereocenters. The fourth-order valence-electron chi connectivity index (χ4n) is 6.05. The standard InChI is InChI=1S/C29H26F3N5O6/c1-15-4-5-29(9-23(38)37(43-29)12-16-3-2-6-33-10-16)22-14-35(15)28(42)24-26(40)25(39)19(13-36(22)24)27(41)34-11-18-20(31)7-17(30)8-21(18)32/h2-3,6-8,10,13,15,22,40H,4-5,9,11-12,14H2,1H3,(H,34,41)/t15-,22+,29-/m0/s1. The molecule has 2 fully saturated rings. The monoisotopic (exact) mass is 597 g/mol. The van der Waals surface area contributed by atoms with Crippen molar-refractivity contribution in [2.75, 3.05) is 6.54 Å². The fourth-order valence-corrected chi connectivity index (χ4v) is 6.05. The maximum absolute atomic E-state index is 14.1. The van der Waals surface area contributed by atoms with Crippen molar-refractivity contribution < 1.29 is 37.5 Å². The number of halogens is 3. The molecule has 224 valence electrons. The molecule has 2 saturated heterocycles. The lowest BCUT2D eigenvalue weighted by Crippen LogP contribution is -2.52. The van der Waals surface area contributed by atoms with E-state index in [0.717, 1.165) is 11.8 Å². The van der Waals surface area contributed by atoms with Crippen molar-refractivity contribution in [2.24, 2.45) is 0 Å². The molecule has 3 aliphatic rings. The Morgan fingerprint density at radius 3 is 2.65 bits per heavy atom. The van der Waals surface area contributed by atoms with E-state index in [1.165, 1.54) is 14.5 Å². The molecule has 2 aromatic heterocycles. The highest BCUT2D eigenvalue weighted by molar-refractivity contribution is 5.99. The summed E-state index contributed by atoms with van der Waals surface area (Å²) in [7, 11) is 0. The molecule has 1 spiro atoms. The fraction of sp³-hybridized carbons (Fsp3) is 0.345. The average molecular weight is 598 g/mol. The Kier molecular flexibility index (Phi) is 6.95. The van der Waals surface area contributed by atoms with Crippen LogP contribution in [-0.2, 0) is 22.7 Å². The molecule has 2 bridgehead atoms. The molecule has 3 aliphatic heterocycles. The number of benzene rings is 1. The average Bonchev–Trinajstić information content (AvgIpc) is 3.22. The van der Waals surface area contributed by atoms with Crippen molar-refractivity contribution in [2.45, 2.75) is 57.0 Å². The number of aromatic nitrogens is 2. The van der Waals surface area contributed by atoms with Crippen LogP contribution in [0.4, 0.5) is 13.2 Å². The Labute approximate surface area is 242 Å². The van der Waals surface area contributed by atoms with Gasteiger partial charge in [0.15, 0.2) is 11.4 Å². The number of nitrogens with zero attached hydrogens (tertiary/aromatic N) is 4. The highest BCUT2D eigenvalue weighted by atomic mass is 19.1. The normalized spacial score (nSPS) is 23.0. The second-order valence-electron chi connectivity index (χ2n) is 11.0. The Morgan fingerprint density at radius 2 is 1.95 bits per heavy atom. The van der Waals surface area contributed by atoms with Gasteiger partial charge in [0.1, 0.15) is 28.6 Å². The zero-order chi connectivity index (χ0) is 30.6. The molecule has 6 rings (SSSR count). The highest BCUT2D eigenvalue weighted by Gasteiger charge is 2.56. The van der Waals surface area contributed by atoms with Crippen molar-refractivity contribution in [3.63, 3.8) is 0 Å². The maximum Gasteiger partial charge on any atom is 0.274 e. The minimum atomic E-state index is -1.23. The minimum absolute atomic E-state index is 0.0658. The van der Waals surface area contributed by atoms with Crippen molar-refractivity contribution in [3.05, 3.63) is 92.9 Å². The molecule has 0 saturated carbocycles. The smallest absolute Gasteiger partial charge is 0.274 e. The number of nitrogens with one attached hydrogen (secondary N) is 1. The van der Waals surface area contributed by atoms with Gasteiger partial charge in [0.2, 0.25) is 11.3 Å². The van der Waals surface area contributed by atoms with E-state index in [1.807, 2.05) is 6.92 Å². The topological polar surface area (TPSA) is 134 Å². The van der Waals surface area contributed by atoms with E-state index < -0.39 is 69.8 Å². The summed E-state index contributed by atoms with van der Waals surface area (Å²) >= 11 is 0. The van der Waals surface area contributed by atoms with Gasteiger partial charge in [0.05, 0.1) is 19.0 Å². The number of rotatable bonds is 5. The Bertz CT molecular complexity index is 1690. The van der Waals surface area contributed by atoms with Crippen LogP contribution in [0.25, 0.3) is 0 Å². The number of amides is 3. The summed E-state index contributed by atoms with van der Waals surface area (Å²) < 4.78 is 42.8. The van der Waals surface area contributed by atoms with Gasteiger partial charge < -0.3 is 19.9 Å². The molecule has 3 amide bonds. The molecule has 3 aromatic rings. The lowest BCUT2D eigenvalue weighted by atomic mass is 9.85. The number of hydrogen-bond acceptors (Lipinski definition) is 7. The lowest BCUT2D eigenvalue weighted by Gasteiger charge is -2.42. The molecule has 11 nitrogen and oxygen atoms in total. The molecule has 14 heteroatoms. The van der Waals surface area contributed by atoms with E-state index in [-0.39, 0.29) is 37.2 Å². The van der Waals surface area contributed by atoms with Gasteiger partial charge in [-0.3, -0.25) is 29.0 Å². The van der Waals surface area contributed by atoms with Gasteiger partial charge in [-0.2, -0.15) is 0 Å². The van der Waals surface area contributed by atoms with E-state index >= 15 is 0 Å². The zero-order valence-corrected chi connectivity index (χ0v) is 22.8. The van der Waals surface area contributed by atoms with Crippen molar-refractivity contribution in [1.82, 2.24) is 24.8 Å². The Hall–Kier alpha value is -4.72. The summed E-state index contributed by atoms with van der Waals surface area (Å²) in [5.74, 6) is -6.62. The minimum Gasteiger partial charge on any atom is -0.503 e. The molecule has 0 unspecified atom stereocenters. The third-order valence-electron chi connectivity index (χ3n) is 8.35. The first kappa shape index (κ1) is 28.4. The molecule has 1 aromatic carbocycles. The maximum atomic E-state index is 14.1. The molecular formula is C29H26F3N5O6. The number of aromatic hydroxyl groups is 1. The number of fused-ring (bicyclic) bond motifs is 5. The number of hydrogen-bond donors (Lipinski definition) is 2. The molecular weight excluding hydrogens is 571 g/mol. The second kappa shape index (κ2) is 10.5. The van der Waals surface area contributed by atoms with Crippen LogP contribution in [0.15, 0.2) is 47.7 Å². The summed E-state index contributed by atoms with van der Waals surface area (Å²) in [5, 5.41) is 14.4. The van der Waals surface area contributed by atoms with Crippen LogP contribution < -0.4 is 10.7 Å². The van der Waals surface area contributed by atoms with Crippen molar-refractivity contribution >= 4 is 17.7 Å². The Morgan fingerprint density at radius 1 is 1.21 bits per heavy atom. The second-order valence-corrected chi connectivity index (χ2v) is 11.0. The van der Waals surface area contributed by atoms with Crippen LogP contribution in [0, 0.1) is 17.5 Å². The SMILES string of the molecule is C[C@H]1CC[C@]2(CC(=O)N(Cc3cccnc3)O2)[C@H]2CN1C(=O)c1c(O)c(=O)c(C(=O)NCc3c(F)cc(F)cc3F)cn12. The number of pyridine rings is 2. The predicted molar refractivity (Wildman–Crippen MR) is 142 cm³/mol. The summed E-state index contributed by atoms with van der Waals surface area (Å²) in [5.41, 5.74) is -3.22. The first-order valence-corrected chi connectivity index (χ1v) is 13.6. The van der Waals surface area contributed by atoms with Gasteiger partial charge in [0.25, 0.3) is 11.8 Å². The van der Waals surface area contributed by atoms with Crippen LogP contribution in [0.5, 0.6) is 5.75 Å². The summed E-state index contributed by atoms with van der Waals surface area (Å²) in [6.45, 7) is 1.28. The first-order chi connectivity index (χ1) is 20.5. The summed E-state index contributed by atoms with van der Waals surface area (Å²) in [6.07, 6.45) is 5.03. The van der Waals surface area contributed by atoms with Crippen LogP contribution in [-0.4, -0.2) is 60.5 Å². The van der Waals surface area contributed by atoms with Gasteiger partial charge in [-0.05, 0) is 31.4 Å². The summed E-state index contributed by atoms with van der Waals surface area (Å²) in [6, 6.07) is 3.32. The van der Waals surface area contributed by atoms with E-state index in [2.05, 4.69) is 10.3 Å². The number of carbonyl (C=O) groups is 3. The van der Waals surface area contributed by atoms with Crippen LogP contribution in [0.2, 0.25) is 0 Å². The lowest BCUT2D eigenvalue weighted by molar-refractivity contribution is -0.218. The highest BCUT2D eigenvalue weighted by Crippen LogP contribution is 2.47. The third kappa shape index (κ3) is 4.80. The zero-order valence-electron chi connectivity index (χ0n) is 22.8. The van der Waals surface area contributed by atoms with Crippen molar-refractivity contribution in [1.29, 1.82) is 0 Å². The molecule has 2 N–H and O–H groups in total. The molecule has 5 heterocycles.